The standard InChI is InChI=1S/C25H32N2O2.ClH/c1-16(27-25(28)21-14-19-6-5-7-20(15-21)24(19)26)17-10-12-18(13-11-17)22-8-3-4-9-23(22)29-2;/h3-4,8-13,16,19-21,24H,5-7,14-15,26H2,1-2H3,(H,27,28);1H. The number of rotatable bonds is 5. The van der Waals surface area contributed by atoms with Crippen molar-refractivity contribution in [2.45, 2.75) is 51.1 Å². The van der Waals surface area contributed by atoms with Gasteiger partial charge in [-0.2, -0.15) is 0 Å². The minimum atomic E-state index is -0.00957. The summed E-state index contributed by atoms with van der Waals surface area (Å²) in [5.41, 5.74) is 9.68. The van der Waals surface area contributed by atoms with E-state index in [-0.39, 0.29) is 30.3 Å². The fourth-order valence-corrected chi connectivity index (χ4v) is 5.25. The molecule has 0 radical (unpaired) electrons. The number of hydrogen-bond acceptors (Lipinski definition) is 3. The molecule has 2 saturated carbocycles. The number of hydrogen-bond donors (Lipinski definition) is 2. The van der Waals surface area contributed by atoms with E-state index in [4.69, 9.17) is 10.5 Å². The smallest absolute Gasteiger partial charge is 0.223 e. The van der Waals surface area contributed by atoms with Crippen LogP contribution in [0.1, 0.15) is 50.6 Å². The minimum absolute atomic E-state index is 0. The number of carbonyl (C=O) groups excluding carboxylic acids is 1. The third kappa shape index (κ3) is 4.65. The average Bonchev–Trinajstić information content (AvgIpc) is 2.73. The van der Waals surface area contributed by atoms with Gasteiger partial charge in [-0.05, 0) is 61.6 Å². The van der Waals surface area contributed by atoms with Crippen LogP contribution in [0.3, 0.4) is 0 Å². The predicted octanol–water partition coefficient (Wildman–Crippen LogP) is 5.11. The van der Waals surface area contributed by atoms with Crippen LogP contribution in [0.5, 0.6) is 5.75 Å². The van der Waals surface area contributed by atoms with Gasteiger partial charge in [0.25, 0.3) is 0 Å². The van der Waals surface area contributed by atoms with Gasteiger partial charge in [-0.3, -0.25) is 4.79 Å². The zero-order chi connectivity index (χ0) is 20.4. The van der Waals surface area contributed by atoms with Gasteiger partial charge in [0.1, 0.15) is 5.75 Å². The summed E-state index contributed by atoms with van der Waals surface area (Å²) >= 11 is 0. The maximum absolute atomic E-state index is 12.9. The molecule has 4 nitrogen and oxygen atoms in total. The first-order chi connectivity index (χ1) is 14.1. The molecule has 0 aromatic heterocycles. The molecule has 30 heavy (non-hydrogen) atoms. The molecule has 4 rings (SSSR count). The quantitative estimate of drug-likeness (QED) is 0.695. The fraction of sp³-hybridized carbons (Fsp3) is 0.480. The number of amides is 1. The lowest BCUT2D eigenvalue weighted by molar-refractivity contribution is -0.128. The zero-order valence-corrected chi connectivity index (χ0v) is 18.7. The molecule has 0 saturated heterocycles. The van der Waals surface area contributed by atoms with Gasteiger partial charge in [-0.15, -0.1) is 12.4 Å². The highest BCUT2D eigenvalue weighted by Crippen LogP contribution is 2.42. The first-order valence-corrected chi connectivity index (χ1v) is 10.9. The van der Waals surface area contributed by atoms with Crippen molar-refractivity contribution in [3.05, 3.63) is 54.1 Å². The van der Waals surface area contributed by atoms with E-state index in [1.165, 1.54) is 19.3 Å². The molecule has 3 atom stereocenters. The van der Waals surface area contributed by atoms with E-state index in [1.54, 1.807) is 7.11 Å². The van der Waals surface area contributed by atoms with E-state index in [2.05, 4.69) is 42.6 Å². The second-order valence-electron chi connectivity index (χ2n) is 8.75. The van der Waals surface area contributed by atoms with Gasteiger partial charge in [-0.1, -0.05) is 48.9 Å². The Morgan fingerprint density at radius 3 is 2.33 bits per heavy atom. The Kier molecular flexibility index (Phi) is 7.43. The van der Waals surface area contributed by atoms with Crippen LogP contribution in [-0.2, 0) is 4.79 Å². The van der Waals surface area contributed by atoms with Crippen molar-refractivity contribution in [3.63, 3.8) is 0 Å². The second-order valence-corrected chi connectivity index (χ2v) is 8.75. The van der Waals surface area contributed by atoms with Crippen LogP contribution >= 0.6 is 12.4 Å². The molecule has 2 bridgehead atoms. The lowest BCUT2D eigenvalue weighted by Gasteiger charge is -2.43. The first-order valence-electron chi connectivity index (χ1n) is 10.9. The third-order valence-corrected chi connectivity index (χ3v) is 6.97. The molecule has 2 aliphatic carbocycles. The minimum Gasteiger partial charge on any atom is -0.496 e. The maximum atomic E-state index is 12.9. The number of nitrogens with one attached hydrogen (secondary N) is 1. The molecule has 3 N–H and O–H groups in total. The Morgan fingerprint density at radius 1 is 1.07 bits per heavy atom. The molecule has 5 heteroatoms. The Labute approximate surface area is 186 Å². The summed E-state index contributed by atoms with van der Waals surface area (Å²) < 4.78 is 5.47. The van der Waals surface area contributed by atoms with Crippen molar-refractivity contribution in [2.75, 3.05) is 7.11 Å². The van der Waals surface area contributed by atoms with Crippen LogP contribution in [0.2, 0.25) is 0 Å². The van der Waals surface area contributed by atoms with Gasteiger partial charge in [0.2, 0.25) is 5.91 Å². The van der Waals surface area contributed by atoms with Gasteiger partial charge in [0, 0.05) is 17.5 Å². The molecule has 2 aliphatic rings. The monoisotopic (exact) mass is 428 g/mol. The summed E-state index contributed by atoms with van der Waals surface area (Å²) in [6.45, 7) is 2.06. The Balaban J connectivity index is 0.00000256. The summed E-state index contributed by atoms with van der Waals surface area (Å²) in [4.78, 5) is 12.9. The summed E-state index contributed by atoms with van der Waals surface area (Å²) in [5, 5.41) is 3.25. The van der Waals surface area contributed by atoms with Crippen LogP contribution in [0.25, 0.3) is 11.1 Å². The van der Waals surface area contributed by atoms with Crippen LogP contribution in [-0.4, -0.2) is 19.1 Å². The van der Waals surface area contributed by atoms with Gasteiger partial charge in [0.15, 0.2) is 0 Å². The average molecular weight is 429 g/mol. The van der Waals surface area contributed by atoms with Crippen molar-refractivity contribution >= 4 is 18.3 Å². The zero-order valence-electron chi connectivity index (χ0n) is 17.8. The van der Waals surface area contributed by atoms with Crippen molar-refractivity contribution < 1.29 is 9.53 Å². The summed E-state index contributed by atoms with van der Waals surface area (Å²) in [7, 11) is 1.69. The lowest BCUT2D eigenvalue weighted by atomic mass is 9.65. The van der Waals surface area contributed by atoms with Gasteiger partial charge >= 0.3 is 0 Å². The molecule has 3 unspecified atom stereocenters. The largest absolute Gasteiger partial charge is 0.496 e. The number of methoxy groups -OCH3 is 1. The van der Waals surface area contributed by atoms with Crippen molar-refractivity contribution in [1.82, 2.24) is 5.32 Å². The number of fused-ring (bicyclic) bond motifs is 2. The predicted molar refractivity (Wildman–Crippen MR) is 124 cm³/mol. The normalized spacial score (nSPS) is 26.2. The SMILES string of the molecule is COc1ccccc1-c1ccc(C(C)NC(=O)C2CC3CCCC(C2)C3N)cc1.Cl. The molecular weight excluding hydrogens is 396 g/mol. The summed E-state index contributed by atoms with van der Waals surface area (Å²) in [5.74, 6) is 2.21. The van der Waals surface area contributed by atoms with Crippen LogP contribution < -0.4 is 15.8 Å². The van der Waals surface area contributed by atoms with Crippen LogP contribution in [0, 0.1) is 17.8 Å². The highest BCUT2D eigenvalue weighted by atomic mass is 35.5. The van der Waals surface area contributed by atoms with Crippen LogP contribution in [0.15, 0.2) is 48.5 Å². The maximum Gasteiger partial charge on any atom is 0.223 e. The third-order valence-electron chi connectivity index (χ3n) is 6.97. The molecule has 0 aliphatic heterocycles. The number of carbonyl (C=O) groups is 1. The summed E-state index contributed by atoms with van der Waals surface area (Å²) in [6, 6.07) is 16.7. The molecule has 0 spiro atoms. The van der Waals surface area contributed by atoms with E-state index >= 15 is 0 Å². The molecule has 2 aromatic carbocycles. The molecular formula is C25H33ClN2O2. The topological polar surface area (TPSA) is 64.3 Å². The number of para-hydroxylation sites is 1. The lowest BCUT2D eigenvalue weighted by Crippen LogP contribution is -2.49. The Morgan fingerprint density at radius 2 is 1.70 bits per heavy atom. The second kappa shape index (κ2) is 9.84. The molecule has 2 fully saturated rings. The molecule has 0 heterocycles. The van der Waals surface area contributed by atoms with Gasteiger partial charge < -0.3 is 15.8 Å². The van der Waals surface area contributed by atoms with Crippen LogP contribution in [0.4, 0.5) is 0 Å². The number of nitrogens with two attached hydrogens (primary N) is 1. The van der Waals surface area contributed by atoms with Gasteiger partial charge in [-0.25, -0.2) is 0 Å². The van der Waals surface area contributed by atoms with E-state index in [9.17, 15) is 4.79 Å². The number of ether oxygens (including phenoxy) is 1. The number of halogens is 1. The van der Waals surface area contributed by atoms with E-state index in [0.717, 1.165) is 35.3 Å². The first kappa shape index (κ1) is 22.6. The highest BCUT2D eigenvalue weighted by Gasteiger charge is 2.40. The van der Waals surface area contributed by atoms with E-state index in [1.807, 2.05) is 18.2 Å². The van der Waals surface area contributed by atoms with Crippen molar-refractivity contribution in [1.29, 1.82) is 0 Å². The Bertz CT molecular complexity index is 840. The van der Waals surface area contributed by atoms with Crippen molar-refractivity contribution in [3.8, 4) is 16.9 Å². The van der Waals surface area contributed by atoms with Crippen molar-refractivity contribution in [2.24, 2.45) is 23.5 Å². The van der Waals surface area contributed by atoms with Gasteiger partial charge in [0.05, 0.1) is 13.2 Å². The molecule has 162 valence electrons. The number of benzene rings is 2. The molecule has 2 aromatic rings. The highest BCUT2D eigenvalue weighted by molar-refractivity contribution is 5.85. The van der Waals surface area contributed by atoms with E-state index in [0.29, 0.717) is 17.9 Å². The fourth-order valence-electron chi connectivity index (χ4n) is 5.25. The van der Waals surface area contributed by atoms with E-state index < -0.39 is 0 Å². The molecule has 1 amide bonds. The Hall–Kier alpha value is -2.04. The summed E-state index contributed by atoms with van der Waals surface area (Å²) in [6.07, 6.45) is 5.53.